The van der Waals surface area contributed by atoms with E-state index in [0.29, 0.717) is 17.6 Å². The molecule has 156 valence electrons. The number of methoxy groups -OCH3 is 1. The fourth-order valence-corrected chi connectivity index (χ4v) is 3.96. The molecule has 1 aliphatic heterocycles. The standard InChI is InChI=1S/C19H28N8O2/c1-3-27-17-13(11-22-14-4-6-26(7-5-14)8-9-28-2)10-21-12-15(17)23-19(27)16-18(20)25-29-24-16/h10,12,14,22H,3-9,11H2,1-2H3,(H2,20,25). The molecule has 0 atom stereocenters. The normalized spacial score (nSPS) is 16.1. The first-order valence-corrected chi connectivity index (χ1v) is 10.1. The van der Waals surface area contributed by atoms with Gasteiger partial charge >= 0.3 is 0 Å². The van der Waals surface area contributed by atoms with Crippen molar-refractivity contribution in [2.24, 2.45) is 0 Å². The Morgan fingerprint density at radius 3 is 2.79 bits per heavy atom. The van der Waals surface area contributed by atoms with E-state index in [1.807, 2.05) is 6.20 Å². The van der Waals surface area contributed by atoms with Crippen molar-refractivity contribution < 1.29 is 9.37 Å². The molecule has 10 nitrogen and oxygen atoms in total. The smallest absolute Gasteiger partial charge is 0.199 e. The van der Waals surface area contributed by atoms with E-state index in [2.05, 4.69) is 37.0 Å². The minimum atomic E-state index is 0.239. The number of aryl methyl sites for hydroxylation is 1. The Hall–Kier alpha value is -2.56. The SMILES string of the molecule is CCn1c(-c2nonc2N)nc2cncc(CNC3CCN(CCOC)CC3)c21. The molecule has 0 amide bonds. The van der Waals surface area contributed by atoms with Crippen LogP contribution in [0.5, 0.6) is 0 Å². The molecule has 1 saturated heterocycles. The van der Waals surface area contributed by atoms with E-state index in [-0.39, 0.29) is 5.82 Å². The zero-order valence-electron chi connectivity index (χ0n) is 17.0. The van der Waals surface area contributed by atoms with Crippen molar-refractivity contribution in [3.05, 3.63) is 18.0 Å². The van der Waals surface area contributed by atoms with Crippen molar-refractivity contribution in [1.29, 1.82) is 0 Å². The van der Waals surface area contributed by atoms with Crippen molar-refractivity contribution in [3.8, 4) is 11.5 Å². The maximum Gasteiger partial charge on any atom is 0.199 e. The molecule has 4 heterocycles. The number of imidazole rings is 1. The molecule has 4 rings (SSSR count). The quantitative estimate of drug-likeness (QED) is 0.576. The third kappa shape index (κ3) is 4.09. The minimum Gasteiger partial charge on any atom is -0.383 e. The minimum absolute atomic E-state index is 0.239. The molecule has 29 heavy (non-hydrogen) atoms. The monoisotopic (exact) mass is 400 g/mol. The number of likely N-dealkylation sites (tertiary alicyclic amines) is 1. The summed E-state index contributed by atoms with van der Waals surface area (Å²) in [6.07, 6.45) is 5.94. The average Bonchev–Trinajstić information content (AvgIpc) is 3.34. The van der Waals surface area contributed by atoms with Crippen LogP contribution in [0.1, 0.15) is 25.3 Å². The van der Waals surface area contributed by atoms with Crippen molar-refractivity contribution in [2.45, 2.75) is 38.9 Å². The number of nitrogen functional groups attached to an aromatic ring is 1. The van der Waals surface area contributed by atoms with Gasteiger partial charge < -0.3 is 25.3 Å². The molecule has 0 saturated carbocycles. The van der Waals surface area contributed by atoms with E-state index in [1.54, 1.807) is 13.3 Å². The van der Waals surface area contributed by atoms with E-state index in [4.69, 9.17) is 20.1 Å². The Labute approximate surface area is 169 Å². The van der Waals surface area contributed by atoms with Gasteiger partial charge in [-0.3, -0.25) is 4.98 Å². The molecular formula is C19H28N8O2. The summed E-state index contributed by atoms with van der Waals surface area (Å²) < 4.78 is 12.0. The van der Waals surface area contributed by atoms with E-state index >= 15 is 0 Å². The second kappa shape index (κ2) is 8.85. The lowest BCUT2D eigenvalue weighted by Crippen LogP contribution is -2.43. The maximum absolute atomic E-state index is 5.89. The van der Waals surface area contributed by atoms with Crippen LogP contribution in [0.25, 0.3) is 22.6 Å². The van der Waals surface area contributed by atoms with Gasteiger partial charge in [-0.05, 0) is 43.2 Å². The van der Waals surface area contributed by atoms with Gasteiger partial charge in [0.25, 0.3) is 0 Å². The van der Waals surface area contributed by atoms with Gasteiger partial charge in [-0.1, -0.05) is 0 Å². The highest BCUT2D eigenvalue weighted by molar-refractivity contribution is 5.83. The summed E-state index contributed by atoms with van der Waals surface area (Å²) in [5.41, 5.74) is 9.33. The Bertz CT molecular complexity index is 945. The van der Waals surface area contributed by atoms with E-state index in [0.717, 1.165) is 68.8 Å². The van der Waals surface area contributed by atoms with Gasteiger partial charge in [0.2, 0.25) is 0 Å². The predicted octanol–water partition coefficient (Wildman–Crippen LogP) is 1.28. The number of ether oxygens (including phenoxy) is 1. The number of hydrogen-bond acceptors (Lipinski definition) is 9. The molecule has 0 unspecified atom stereocenters. The molecule has 1 fully saturated rings. The largest absolute Gasteiger partial charge is 0.383 e. The van der Waals surface area contributed by atoms with Crippen LogP contribution in [0.3, 0.4) is 0 Å². The van der Waals surface area contributed by atoms with Gasteiger partial charge in [-0.25, -0.2) is 9.61 Å². The highest BCUT2D eigenvalue weighted by atomic mass is 16.6. The Morgan fingerprint density at radius 1 is 1.28 bits per heavy atom. The third-order valence-corrected chi connectivity index (χ3v) is 5.55. The number of nitrogens with one attached hydrogen (secondary N) is 1. The highest BCUT2D eigenvalue weighted by Crippen LogP contribution is 2.28. The van der Waals surface area contributed by atoms with E-state index in [1.165, 1.54) is 0 Å². The number of pyridine rings is 1. The Balaban J connectivity index is 1.50. The zero-order chi connectivity index (χ0) is 20.2. The summed E-state index contributed by atoms with van der Waals surface area (Å²) in [5, 5.41) is 11.3. The molecule has 3 aromatic heterocycles. The van der Waals surface area contributed by atoms with Crippen LogP contribution in [0.4, 0.5) is 5.82 Å². The van der Waals surface area contributed by atoms with Crippen LogP contribution in [-0.2, 0) is 17.8 Å². The molecule has 10 heteroatoms. The number of fused-ring (bicyclic) bond motifs is 1. The van der Waals surface area contributed by atoms with E-state index in [9.17, 15) is 0 Å². The summed E-state index contributed by atoms with van der Waals surface area (Å²) in [4.78, 5) is 11.5. The zero-order valence-corrected chi connectivity index (χ0v) is 17.0. The fourth-order valence-electron chi connectivity index (χ4n) is 3.96. The fraction of sp³-hybridized carbons (Fsp3) is 0.579. The molecule has 0 aliphatic carbocycles. The first-order chi connectivity index (χ1) is 14.2. The molecule has 3 N–H and O–H groups in total. The second-order valence-corrected chi connectivity index (χ2v) is 7.33. The number of rotatable bonds is 8. The number of hydrogen-bond donors (Lipinski definition) is 2. The van der Waals surface area contributed by atoms with Crippen molar-refractivity contribution >= 4 is 16.9 Å². The summed E-state index contributed by atoms with van der Waals surface area (Å²) in [6, 6.07) is 0.497. The topological polar surface area (TPSA) is 120 Å². The number of aromatic nitrogens is 5. The van der Waals surface area contributed by atoms with Crippen LogP contribution in [0.15, 0.2) is 17.0 Å². The van der Waals surface area contributed by atoms with Gasteiger partial charge in [0.05, 0.1) is 18.3 Å². The lowest BCUT2D eigenvalue weighted by molar-refractivity contribution is 0.126. The van der Waals surface area contributed by atoms with Crippen LogP contribution in [0, 0.1) is 0 Å². The number of nitrogens with two attached hydrogens (primary N) is 1. The van der Waals surface area contributed by atoms with Gasteiger partial charge in [0.15, 0.2) is 17.3 Å². The van der Waals surface area contributed by atoms with Gasteiger partial charge in [-0.15, -0.1) is 0 Å². The molecule has 0 aromatic carbocycles. The number of nitrogens with zero attached hydrogens (tertiary/aromatic N) is 6. The van der Waals surface area contributed by atoms with Crippen LogP contribution in [-0.4, -0.2) is 69.1 Å². The molecule has 1 aliphatic rings. The summed E-state index contributed by atoms with van der Waals surface area (Å²) >= 11 is 0. The van der Waals surface area contributed by atoms with Crippen molar-refractivity contribution in [3.63, 3.8) is 0 Å². The summed E-state index contributed by atoms with van der Waals surface area (Å²) in [6.45, 7) is 7.53. The average molecular weight is 400 g/mol. The second-order valence-electron chi connectivity index (χ2n) is 7.33. The summed E-state index contributed by atoms with van der Waals surface area (Å²) in [5.74, 6) is 0.893. The van der Waals surface area contributed by atoms with E-state index < -0.39 is 0 Å². The maximum atomic E-state index is 5.89. The lowest BCUT2D eigenvalue weighted by Gasteiger charge is -2.32. The molecule has 0 spiro atoms. The molecule has 0 radical (unpaired) electrons. The molecule has 3 aromatic rings. The summed E-state index contributed by atoms with van der Waals surface area (Å²) in [7, 11) is 1.75. The lowest BCUT2D eigenvalue weighted by atomic mass is 10.0. The van der Waals surface area contributed by atoms with Gasteiger partial charge in [0, 0.05) is 44.5 Å². The van der Waals surface area contributed by atoms with Crippen LogP contribution in [0.2, 0.25) is 0 Å². The van der Waals surface area contributed by atoms with Gasteiger partial charge in [-0.2, -0.15) is 0 Å². The first kappa shape index (κ1) is 19.7. The Morgan fingerprint density at radius 2 is 2.10 bits per heavy atom. The van der Waals surface area contributed by atoms with Crippen LogP contribution < -0.4 is 11.1 Å². The predicted molar refractivity (Wildman–Crippen MR) is 109 cm³/mol. The molecular weight excluding hydrogens is 372 g/mol. The first-order valence-electron chi connectivity index (χ1n) is 10.1. The highest BCUT2D eigenvalue weighted by Gasteiger charge is 2.22. The van der Waals surface area contributed by atoms with Crippen molar-refractivity contribution in [2.75, 3.05) is 39.1 Å². The Kier molecular flexibility index (Phi) is 6.02. The number of piperidine rings is 1. The third-order valence-electron chi connectivity index (χ3n) is 5.55. The number of anilines is 1. The van der Waals surface area contributed by atoms with Crippen LogP contribution >= 0.6 is 0 Å². The van der Waals surface area contributed by atoms with Crippen molar-refractivity contribution in [1.82, 2.24) is 35.1 Å². The van der Waals surface area contributed by atoms with Gasteiger partial charge in [0.1, 0.15) is 5.52 Å². The molecule has 0 bridgehead atoms.